The van der Waals surface area contributed by atoms with Crippen LogP contribution in [0.4, 0.5) is 0 Å². The van der Waals surface area contributed by atoms with Crippen molar-refractivity contribution in [2.45, 2.75) is 71.3 Å². The van der Waals surface area contributed by atoms with Crippen LogP contribution in [0.5, 0.6) is 0 Å². The van der Waals surface area contributed by atoms with Crippen molar-refractivity contribution in [3.63, 3.8) is 0 Å². The van der Waals surface area contributed by atoms with E-state index in [4.69, 9.17) is 0 Å². The zero-order valence-electron chi connectivity index (χ0n) is 16.0. The number of rotatable bonds is 7. The lowest BCUT2D eigenvalue weighted by molar-refractivity contribution is -0.141. The predicted octanol–water partition coefficient (Wildman–Crippen LogP) is 1.93. The van der Waals surface area contributed by atoms with Crippen molar-refractivity contribution in [3.8, 4) is 0 Å². The fourth-order valence-electron chi connectivity index (χ4n) is 4.11. The van der Waals surface area contributed by atoms with Crippen LogP contribution in [0.15, 0.2) is 0 Å². The topological polar surface area (TPSA) is 69.7 Å². The van der Waals surface area contributed by atoms with Crippen molar-refractivity contribution in [2.24, 2.45) is 5.92 Å². The fourth-order valence-corrected chi connectivity index (χ4v) is 4.11. The molecule has 0 aromatic rings. The molecule has 2 rings (SSSR count). The summed E-state index contributed by atoms with van der Waals surface area (Å²) in [4.78, 5) is 40.5. The maximum Gasteiger partial charge on any atom is 0.227 e. The minimum absolute atomic E-state index is 0.0658. The summed E-state index contributed by atoms with van der Waals surface area (Å²) in [6.07, 6.45) is 5.13. The van der Waals surface area contributed by atoms with Gasteiger partial charge in [-0.25, -0.2) is 0 Å². The van der Waals surface area contributed by atoms with Crippen LogP contribution >= 0.6 is 0 Å². The van der Waals surface area contributed by atoms with Gasteiger partial charge in [0.15, 0.2) is 0 Å². The Kier molecular flexibility index (Phi) is 6.85. The molecular weight excluding hydrogens is 318 g/mol. The first-order valence-electron chi connectivity index (χ1n) is 9.82. The Morgan fingerprint density at radius 1 is 1.28 bits per heavy atom. The van der Waals surface area contributed by atoms with Gasteiger partial charge in [-0.1, -0.05) is 6.92 Å². The Bertz CT molecular complexity index is 504. The molecule has 2 fully saturated rings. The second-order valence-corrected chi connectivity index (χ2v) is 7.37. The number of amides is 3. The fraction of sp³-hybridized carbons (Fsp3) is 0.842. The number of likely N-dealkylation sites (tertiary alicyclic amines) is 1. The lowest BCUT2D eigenvalue weighted by Gasteiger charge is -2.35. The highest BCUT2D eigenvalue weighted by molar-refractivity contribution is 5.82. The Morgan fingerprint density at radius 2 is 2.00 bits per heavy atom. The highest BCUT2D eigenvalue weighted by Crippen LogP contribution is 2.29. The van der Waals surface area contributed by atoms with Crippen LogP contribution in [0.25, 0.3) is 0 Å². The second-order valence-electron chi connectivity index (χ2n) is 7.37. The molecule has 6 nitrogen and oxygen atoms in total. The summed E-state index contributed by atoms with van der Waals surface area (Å²) in [7, 11) is 0. The molecule has 2 aliphatic heterocycles. The van der Waals surface area contributed by atoms with Gasteiger partial charge in [-0.2, -0.15) is 0 Å². The normalized spacial score (nSPS) is 26.4. The van der Waals surface area contributed by atoms with Gasteiger partial charge < -0.3 is 15.1 Å². The lowest BCUT2D eigenvalue weighted by Crippen LogP contribution is -2.47. The van der Waals surface area contributed by atoms with E-state index >= 15 is 0 Å². The summed E-state index contributed by atoms with van der Waals surface area (Å²) >= 11 is 0. The smallest absolute Gasteiger partial charge is 0.227 e. The van der Waals surface area contributed by atoms with E-state index in [9.17, 15) is 14.4 Å². The first kappa shape index (κ1) is 19.7. The number of nitrogens with zero attached hydrogens (tertiary/aromatic N) is 2. The lowest BCUT2D eigenvalue weighted by atomic mass is 9.88. The molecule has 6 heteroatoms. The molecule has 0 aromatic heterocycles. The summed E-state index contributed by atoms with van der Waals surface area (Å²) < 4.78 is 0. The van der Waals surface area contributed by atoms with Crippen LogP contribution in [0.2, 0.25) is 0 Å². The average molecular weight is 351 g/mol. The van der Waals surface area contributed by atoms with Gasteiger partial charge in [-0.3, -0.25) is 14.4 Å². The minimum Gasteiger partial charge on any atom is -0.351 e. The van der Waals surface area contributed by atoms with Gasteiger partial charge in [0.05, 0.1) is 5.92 Å². The number of hydrogen-bond acceptors (Lipinski definition) is 3. The number of piperidine rings is 1. The van der Waals surface area contributed by atoms with Crippen LogP contribution in [-0.4, -0.2) is 59.2 Å². The summed E-state index contributed by atoms with van der Waals surface area (Å²) in [5.74, 6) is 0.322. The third-order valence-corrected chi connectivity index (χ3v) is 5.93. The quantitative estimate of drug-likeness (QED) is 0.762. The Hall–Kier alpha value is -1.59. The van der Waals surface area contributed by atoms with Crippen molar-refractivity contribution in [1.29, 1.82) is 0 Å². The van der Waals surface area contributed by atoms with Crippen molar-refractivity contribution in [2.75, 3.05) is 26.2 Å². The second kappa shape index (κ2) is 8.68. The van der Waals surface area contributed by atoms with E-state index in [2.05, 4.69) is 12.2 Å². The summed E-state index contributed by atoms with van der Waals surface area (Å²) in [6.45, 7) is 8.78. The van der Waals surface area contributed by atoms with Crippen LogP contribution in [0.3, 0.4) is 0 Å². The van der Waals surface area contributed by atoms with E-state index in [-0.39, 0.29) is 29.2 Å². The van der Waals surface area contributed by atoms with Gasteiger partial charge in [-0.15, -0.1) is 0 Å². The Labute approximate surface area is 151 Å². The van der Waals surface area contributed by atoms with E-state index in [1.165, 1.54) is 0 Å². The van der Waals surface area contributed by atoms with E-state index in [1.807, 2.05) is 23.6 Å². The molecule has 0 bridgehead atoms. The van der Waals surface area contributed by atoms with Crippen LogP contribution in [0.1, 0.15) is 65.7 Å². The molecule has 0 aliphatic carbocycles. The SMILES string of the molecule is CCN(CC)C(=O)[C@H]1CCCN(C(=O)CC[C@@]2(CC)CCC(=O)N2)C1. The summed E-state index contributed by atoms with van der Waals surface area (Å²) in [5, 5.41) is 3.06. The third-order valence-electron chi connectivity index (χ3n) is 5.93. The molecule has 0 saturated carbocycles. The van der Waals surface area contributed by atoms with Crippen molar-refractivity contribution >= 4 is 17.7 Å². The molecule has 2 saturated heterocycles. The van der Waals surface area contributed by atoms with Crippen molar-refractivity contribution in [1.82, 2.24) is 15.1 Å². The van der Waals surface area contributed by atoms with Gasteiger partial charge in [-0.05, 0) is 46.0 Å². The Morgan fingerprint density at radius 3 is 2.56 bits per heavy atom. The van der Waals surface area contributed by atoms with Crippen LogP contribution < -0.4 is 5.32 Å². The molecule has 2 heterocycles. The molecule has 0 spiro atoms. The maximum absolute atomic E-state index is 12.7. The summed E-state index contributed by atoms with van der Waals surface area (Å²) in [5.41, 5.74) is -0.209. The minimum atomic E-state index is -0.209. The average Bonchev–Trinajstić information content (AvgIpc) is 3.02. The van der Waals surface area contributed by atoms with E-state index in [0.717, 1.165) is 45.3 Å². The molecular formula is C19H33N3O3. The standard InChI is InChI=1S/C19H33N3O3/c1-4-19(11-9-16(23)20-19)12-10-17(24)22-13-7-8-15(14-22)18(25)21(5-2)6-3/h15H,4-14H2,1-3H3,(H,20,23)/t15-,19+/m0/s1. The maximum atomic E-state index is 12.7. The van der Waals surface area contributed by atoms with E-state index in [0.29, 0.717) is 25.8 Å². The molecule has 0 radical (unpaired) electrons. The zero-order chi connectivity index (χ0) is 18.4. The molecule has 25 heavy (non-hydrogen) atoms. The van der Waals surface area contributed by atoms with Gasteiger partial charge in [0.2, 0.25) is 17.7 Å². The molecule has 1 N–H and O–H groups in total. The van der Waals surface area contributed by atoms with Gasteiger partial charge in [0, 0.05) is 44.6 Å². The summed E-state index contributed by atoms with van der Waals surface area (Å²) in [6, 6.07) is 0. The first-order valence-corrected chi connectivity index (χ1v) is 9.82. The highest BCUT2D eigenvalue weighted by Gasteiger charge is 2.37. The van der Waals surface area contributed by atoms with Crippen LogP contribution in [-0.2, 0) is 14.4 Å². The molecule has 142 valence electrons. The molecule has 2 aliphatic rings. The van der Waals surface area contributed by atoms with Crippen molar-refractivity contribution < 1.29 is 14.4 Å². The molecule has 2 atom stereocenters. The monoisotopic (exact) mass is 351 g/mol. The van der Waals surface area contributed by atoms with Crippen LogP contribution in [0, 0.1) is 5.92 Å². The van der Waals surface area contributed by atoms with Gasteiger partial charge in [0.25, 0.3) is 0 Å². The van der Waals surface area contributed by atoms with E-state index < -0.39 is 0 Å². The molecule has 0 aromatic carbocycles. The van der Waals surface area contributed by atoms with E-state index in [1.54, 1.807) is 0 Å². The third kappa shape index (κ3) is 4.73. The first-order chi connectivity index (χ1) is 11.9. The molecule has 0 unspecified atom stereocenters. The molecule has 3 amide bonds. The number of carbonyl (C=O) groups excluding carboxylic acids is 3. The highest BCUT2D eigenvalue weighted by atomic mass is 16.2. The number of nitrogens with one attached hydrogen (secondary N) is 1. The Balaban J connectivity index is 1.89. The number of carbonyl (C=O) groups is 3. The predicted molar refractivity (Wildman–Crippen MR) is 96.9 cm³/mol. The number of hydrogen-bond donors (Lipinski definition) is 1. The zero-order valence-corrected chi connectivity index (χ0v) is 16.0. The van der Waals surface area contributed by atoms with Crippen molar-refractivity contribution in [3.05, 3.63) is 0 Å². The van der Waals surface area contributed by atoms with Gasteiger partial charge >= 0.3 is 0 Å². The van der Waals surface area contributed by atoms with Gasteiger partial charge in [0.1, 0.15) is 0 Å². The largest absolute Gasteiger partial charge is 0.351 e.